The Labute approximate surface area is 129 Å². The molecule has 1 aromatic rings. The van der Waals surface area contributed by atoms with Crippen LogP contribution in [0.5, 0.6) is 11.5 Å². The van der Waals surface area contributed by atoms with Crippen LogP contribution >= 0.6 is 0 Å². The summed E-state index contributed by atoms with van der Waals surface area (Å²) < 4.78 is 11.5. The highest BCUT2D eigenvalue weighted by molar-refractivity contribution is 5.94. The molecule has 0 saturated heterocycles. The quantitative estimate of drug-likeness (QED) is 0.808. The van der Waals surface area contributed by atoms with Gasteiger partial charge in [-0.2, -0.15) is 0 Å². The van der Waals surface area contributed by atoms with Crippen molar-refractivity contribution in [3.8, 4) is 11.5 Å². The van der Waals surface area contributed by atoms with Crippen LogP contribution in [0.4, 0.5) is 4.79 Å². The number of nitrogens with two attached hydrogens (primary N) is 1. The van der Waals surface area contributed by atoms with E-state index < -0.39 is 11.9 Å². The zero-order chi connectivity index (χ0) is 15.9. The average molecular weight is 307 g/mol. The van der Waals surface area contributed by atoms with Gasteiger partial charge in [0.2, 0.25) is 5.91 Å². The summed E-state index contributed by atoms with van der Waals surface area (Å²) >= 11 is 0. The van der Waals surface area contributed by atoms with E-state index in [0.29, 0.717) is 25.4 Å². The molecule has 0 saturated carbocycles. The number of primary amides is 1. The predicted molar refractivity (Wildman–Crippen MR) is 80.8 cm³/mol. The number of hydrogen-bond donors (Lipinski definition) is 2. The summed E-state index contributed by atoms with van der Waals surface area (Å²) in [6, 6.07) is 6.64. The zero-order valence-corrected chi connectivity index (χ0v) is 12.6. The lowest BCUT2D eigenvalue weighted by Gasteiger charge is -2.30. The molecule has 1 aliphatic heterocycles. The van der Waals surface area contributed by atoms with Crippen LogP contribution < -0.4 is 20.5 Å². The average Bonchev–Trinajstić information content (AvgIpc) is 2.46. The van der Waals surface area contributed by atoms with E-state index in [1.165, 1.54) is 0 Å². The minimum atomic E-state index is -0.840. The monoisotopic (exact) mass is 307 g/mol. The number of benzene rings is 1. The van der Waals surface area contributed by atoms with Gasteiger partial charge in [-0.05, 0) is 25.1 Å². The van der Waals surface area contributed by atoms with Crippen LogP contribution in [0, 0.1) is 0 Å². The summed E-state index contributed by atoms with van der Waals surface area (Å²) in [4.78, 5) is 24.3. The zero-order valence-electron chi connectivity index (χ0n) is 12.6. The Morgan fingerprint density at radius 2 is 2.09 bits per heavy atom. The lowest BCUT2D eigenvalue weighted by atomic mass is 10.2. The fourth-order valence-corrected chi connectivity index (χ4v) is 2.37. The van der Waals surface area contributed by atoms with Gasteiger partial charge in [0.05, 0.1) is 6.54 Å². The van der Waals surface area contributed by atoms with Crippen LogP contribution in [0.25, 0.3) is 0 Å². The number of urea groups is 1. The molecule has 1 atom stereocenters. The van der Waals surface area contributed by atoms with E-state index in [1.807, 2.05) is 36.1 Å². The molecule has 7 nitrogen and oxygen atoms in total. The SMILES string of the molecule is CCCN(CC(=O)NC(N)=O)C[C@H]1COc2ccccc2O1. The second-order valence-electron chi connectivity index (χ2n) is 5.15. The van der Waals surface area contributed by atoms with Crippen molar-refractivity contribution in [3.63, 3.8) is 0 Å². The molecule has 3 N–H and O–H groups in total. The number of carbonyl (C=O) groups excluding carboxylic acids is 2. The van der Waals surface area contributed by atoms with Gasteiger partial charge in [-0.3, -0.25) is 15.0 Å². The first-order valence-electron chi connectivity index (χ1n) is 7.28. The predicted octanol–water partition coefficient (Wildman–Crippen LogP) is 0.733. The van der Waals surface area contributed by atoms with Crippen molar-refractivity contribution in [2.45, 2.75) is 19.4 Å². The second kappa shape index (κ2) is 7.65. The summed E-state index contributed by atoms with van der Waals surface area (Å²) in [5.41, 5.74) is 4.95. The first kappa shape index (κ1) is 16.1. The maximum atomic E-state index is 11.7. The molecule has 1 aliphatic rings. The lowest BCUT2D eigenvalue weighted by molar-refractivity contribution is -0.121. The molecule has 0 unspecified atom stereocenters. The topological polar surface area (TPSA) is 93.9 Å². The van der Waals surface area contributed by atoms with E-state index >= 15 is 0 Å². The number of nitrogens with zero attached hydrogens (tertiary/aromatic N) is 1. The largest absolute Gasteiger partial charge is 0.486 e. The van der Waals surface area contributed by atoms with E-state index in [9.17, 15) is 9.59 Å². The summed E-state index contributed by atoms with van der Waals surface area (Å²) in [6.45, 7) is 3.79. The molecule has 120 valence electrons. The molecular formula is C15H21N3O4. The van der Waals surface area contributed by atoms with Gasteiger partial charge in [-0.25, -0.2) is 4.79 Å². The third-order valence-electron chi connectivity index (χ3n) is 3.20. The molecular weight excluding hydrogens is 286 g/mol. The number of fused-ring (bicyclic) bond motifs is 1. The molecule has 0 fully saturated rings. The van der Waals surface area contributed by atoms with Crippen LogP contribution in [-0.4, -0.2) is 49.2 Å². The van der Waals surface area contributed by atoms with Crippen LogP contribution in [0.2, 0.25) is 0 Å². The Hall–Kier alpha value is -2.28. The van der Waals surface area contributed by atoms with E-state index in [4.69, 9.17) is 15.2 Å². The molecule has 1 aromatic carbocycles. The molecule has 0 spiro atoms. The number of rotatable bonds is 6. The van der Waals surface area contributed by atoms with E-state index in [1.54, 1.807) is 0 Å². The Bertz CT molecular complexity index is 535. The van der Waals surface area contributed by atoms with Gasteiger partial charge in [0.15, 0.2) is 11.5 Å². The smallest absolute Gasteiger partial charge is 0.318 e. The Kier molecular flexibility index (Phi) is 5.60. The highest BCUT2D eigenvalue weighted by atomic mass is 16.6. The number of imide groups is 1. The number of hydrogen-bond acceptors (Lipinski definition) is 5. The van der Waals surface area contributed by atoms with Gasteiger partial charge in [-0.1, -0.05) is 19.1 Å². The van der Waals surface area contributed by atoms with E-state index in [0.717, 1.165) is 12.2 Å². The molecule has 0 radical (unpaired) electrons. The summed E-state index contributed by atoms with van der Waals surface area (Å²) in [6.07, 6.45) is 0.719. The minimum Gasteiger partial charge on any atom is -0.486 e. The number of nitrogens with one attached hydrogen (secondary N) is 1. The lowest BCUT2D eigenvalue weighted by Crippen LogP contribution is -2.47. The van der Waals surface area contributed by atoms with Gasteiger partial charge < -0.3 is 15.2 Å². The highest BCUT2D eigenvalue weighted by Crippen LogP contribution is 2.30. The third-order valence-corrected chi connectivity index (χ3v) is 3.20. The van der Waals surface area contributed by atoms with Gasteiger partial charge >= 0.3 is 6.03 Å². The van der Waals surface area contributed by atoms with Gasteiger partial charge in [0.25, 0.3) is 0 Å². The van der Waals surface area contributed by atoms with E-state index in [-0.39, 0.29) is 12.6 Å². The van der Waals surface area contributed by atoms with Gasteiger partial charge in [0, 0.05) is 6.54 Å². The number of para-hydroxylation sites is 2. The maximum absolute atomic E-state index is 11.7. The van der Waals surface area contributed by atoms with Crippen molar-refractivity contribution in [2.24, 2.45) is 5.73 Å². The molecule has 7 heteroatoms. The second-order valence-corrected chi connectivity index (χ2v) is 5.15. The van der Waals surface area contributed by atoms with Gasteiger partial charge in [0.1, 0.15) is 12.7 Å². The van der Waals surface area contributed by atoms with Crippen LogP contribution in [0.15, 0.2) is 24.3 Å². The molecule has 3 amide bonds. The van der Waals surface area contributed by atoms with Crippen molar-refractivity contribution in [3.05, 3.63) is 24.3 Å². The number of amides is 3. The van der Waals surface area contributed by atoms with E-state index in [2.05, 4.69) is 5.32 Å². The first-order valence-corrected chi connectivity index (χ1v) is 7.28. The Balaban J connectivity index is 1.91. The first-order chi connectivity index (χ1) is 10.6. The molecule has 22 heavy (non-hydrogen) atoms. The summed E-state index contributed by atoms with van der Waals surface area (Å²) in [5, 5.41) is 2.07. The fraction of sp³-hybridized carbons (Fsp3) is 0.467. The molecule has 0 aromatic heterocycles. The van der Waals surface area contributed by atoms with Crippen LogP contribution in [0.3, 0.4) is 0 Å². The molecule has 0 aliphatic carbocycles. The van der Waals surface area contributed by atoms with Crippen LogP contribution in [0.1, 0.15) is 13.3 Å². The van der Waals surface area contributed by atoms with Crippen molar-refractivity contribution < 1.29 is 19.1 Å². The fourth-order valence-electron chi connectivity index (χ4n) is 2.37. The number of carbonyl (C=O) groups is 2. The Morgan fingerprint density at radius 3 is 2.77 bits per heavy atom. The van der Waals surface area contributed by atoms with Gasteiger partial charge in [-0.15, -0.1) is 0 Å². The molecule has 2 rings (SSSR count). The van der Waals surface area contributed by atoms with Crippen molar-refractivity contribution in [1.82, 2.24) is 10.2 Å². The standard InChI is InChI=1S/C15H21N3O4/c1-2-7-18(9-14(19)17-15(16)20)8-11-10-21-12-5-3-4-6-13(12)22-11/h3-6,11H,2,7-10H2,1H3,(H3,16,17,19,20)/t11-/m0/s1. The minimum absolute atomic E-state index is 0.0955. The molecule has 1 heterocycles. The Morgan fingerprint density at radius 1 is 1.36 bits per heavy atom. The summed E-state index contributed by atoms with van der Waals surface area (Å²) in [7, 11) is 0. The maximum Gasteiger partial charge on any atom is 0.318 e. The number of ether oxygens (including phenoxy) is 2. The summed E-state index contributed by atoms with van der Waals surface area (Å²) in [5.74, 6) is 1.02. The third kappa shape index (κ3) is 4.63. The molecule has 0 bridgehead atoms. The van der Waals surface area contributed by atoms with Crippen molar-refractivity contribution >= 4 is 11.9 Å². The van der Waals surface area contributed by atoms with Crippen molar-refractivity contribution in [1.29, 1.82) is 0 Å². The van der Waals surface area contributed by atoms with Crippen LogP contribution in [-0.2, 0) is 4.79 Å². The normalized spacial score (nSPS) is 16.4. The van der Waals surface area contributed by atoms with Crippen molar-refractivity contribution in [2.75, 3.05) is 26.2 Å². The highest BCUT2D eigenvalue weighted by Gasteiger charge is 2.24.